The average molecular weight is 195 g/mol. The van der Waals surface area contributed by atoms with Gasteiger partial charge in [-0.05, 0) is 17.7 Å². The van der Waals surface area contributed by atoms with Crippen molar-refractivity contribution in [2.24, 2.45) is 0 Å². The molecule has 0 aliphatic heterocycles. The van der Waals surface area contributed by atoms with Gasteiger partial charge in [0.25, 0.3) is 0 Å². The summed E-state index contributed by atoms with van der Waals surface area (Å²) in [5.41, 5.74) is 0.957. The van der Waals surface area contributed by atoms with Crippen LogP contribution in [0.5, 0.6) is 0 Å². The van der Waals surface area contributed by atoms with E-state index < -0.39 is 5.97 Å². The summed E-state index contributed by atoms with van der Waals surface area (Å²) in [6.45, 7) is 0. The van der Waals surface area contributed by atoms with Gasteiger partial charge in [-0.2, -0.15) is 0 Å². The second-order valence-corrected chi connectivity index (χ2v) is 2.85. The third-order valence-corrected chi connectivity index (χ3v) is 1.65. The Balaban J connectivity index is 2.62. The fourth-order valence-corrected chi connectivity index (χ4v) is 0.950. The van der Waals surface area contributed by atoms with Crippen LogP contribution in [0.4, 0.5) is 0 Å². The van der Waals surface area contributed by atoms with Gasteiger partial charge in [-0.3, -0.25) is 0 Å². The summed E-state index contributed by atoms with van der Waals surface area (Å²) >= 11 is 5.67. The second-order valence-electron chi connectivity index (χ2n) is 2.41. The number of aliphatic carboxylic acids is 1. The number of carboxylic acid groups (broad SMARTS) is 1. The highest BCUT2D eigenvalue weighted by Gasteiger charge is 1.90. The molecule has 1 rings (SSSR count). The van der Waals surface area contributed by atoms with Crippen molar-refractivity contribution in [3.8, 4) is 11.8 Å². The fraction of sp³-hybridized carbons (Fsp3) is 0.100. The third kappa shape index (κ3) is 3.64. The van der Waals surface area contributed by atoms with Crippen LogP contribution in [0.3, 0.4) is 0 Å². The highest BCUT2D eigenvalue weighted by atomic mass is 35.5. The molecule has 3 heteroatoms. The molecule has 13 heavy (non-hydrogen) atoms. The number of carbonyl (C=O) groups is 1. The Morgan fingerprint density at radius 3 is 2.54 bits per heavy atom. The first-order chi connectivity index (χ1) is 6.18. The summed E-state index contributed by atoms with van der Waals surface area (Å²) in [5, 5.41) is 8.90. The van der Waals surface area contributed by atoms with Gasteiger partial charge in [0, 0.05) is 17.4 Å². The molecule has 0 fully saturated rings. The lowest BCUT2D eigenvalue weighted by molar-refractivity contribution is -0.130. The van der Waals surface area contributed by atoms with E-state index in [-0.39, 0.29) is 0 Å². The van der Waals surface area contributed by atoms with Gasteiger partial charge in [0.1, 0.15) is 0 Å². The van der Waals surface area contributed by atoms with E-state index >= 15 is 0 Å². The van der Waals surface area contributed by atoms with Gasteiger partial charge in [0.2, 0.25) is 0 Å². The van der Waals surface area contributed by atoms with E-state index in [4.69, 9.17) is 16.7 Å². The van der Waals surface area contributed by atoms with Gasteiger partial charge in [-0.15, -0.1) is 0 Å². The molecule has 0 aromatic heterocycles. The predicted molar refractivity (Wildman–Crippen MR) is 50.6 cm³/mol. The predicted octanol–water partition coefficient (Wildman–Crippen LogP) is 1.97. The monoisotopic (exact) mass is 194 g/mol. The van der Waals surface area contributed by atoms with Crippen molar-refractivity contribution in [3.63, 3.8) is 0 Å². The summed E-state index contributed by atoms with van der Waals surface area (Å²) in [6, 6.07) is 7.14. The topological polar surface area (TPSA) is 37.3 Å². The average Bonchev–Trinajstić information content (AvgIpc) is 2.08. The number of rotatable bonds is 1. The molecule has 1 N–H and O–H groups in total. The summed E-state index contributed by atoms with van der Waals surface area (Å²) in [4.78, 5) is 10.0. The minimum atomic E-state index is -1.10. The van der Waals surface area contributed by atoms with Crippen LogP contribution >= 0.6 is 11.6 Å². The molecule has 0 saturated carbocycles. The van der Waals surface area contributed by atoms with Gasteiger partial charge in [-0.25, -0.2) is 4.79 Å². The van der Waals surface area contributed by atoms with Crippen LogP contribution in [-0.4, -0.2) is 11.1 Å². The standard InChI is InChI=1S/C10H7ClO2/c11-9-6-4-8(5-7-9)2-1-3-10(12)13/h4-7H,2H2,(H,12,13). The van der Waals surface area contributed by atoms with Crippen LogP contribution in [0.15, 0.2) is 24.3 Å². The molecule has 0 aliphatic carbocycles. The van der Waals surface area contributed by atoms with E-state index in [9.17, 15) is 4.79 Å². The number of benzene rings is 1. The maximum absolute atomic E-state index is 10.0. The van der Waals surface area contributed by atoms with E-state index in [1.807, 2.05) is 18.1 Å². The Hall–Kier alpha value is -1.46. The first-order valence-corrected chi connectivity index (χ1v) is 4.02. The fourth-order valence-electron chi connectivity index (χ4n) is 0.824. The smallest absolute Gasteiger partial charge is 0.381 e. The van der Waals surface area contributed by atoms with E-state index in [2.05, 4.69) is 5.92 Å². The molecule has 0 radical (unpaired) electrons. The molecule has 1 aromatic rings. The normalized spacial score (nSPS) is 8.69. The van der Waals surface area contributed by atoms with E-state index in [0.717, 1.165) is 5.56 Å². The number of carboxylic acids is 1. The molecule has 0 bridgehead atoms. The molecule has 0 unspecified atom stereocenters. The summed E-state index contributed by atoms with van der Waals surface area (Å²) in [7, 11) is 0. The molecular weight excluding hydrogens is 188 g/mol. The molecule has 0 saturated heterocycles. The third-order valence-electron chi connectivity index (χ3n) is 1.40. The van der Waals surface area contributed by atoms with Crippen molar-refractivity contribution < 1.29 is 9.90 Å². The van der Waals surface area contributed by atoms with Gasteiger partial charge in [-0.1, -0.05) is 29.7 Å². The van der Waals surface area contributed by atoms with Crippen LogP contribution in [0.25, 0.3) is 0 Å². The van der Waals surface area contributed by atoms with E-state index in [1.165, 1.54) is 0 Å². The lowest BCUT2D eigenvalue weighted by Crippen LogP contribution is -1.88. The molecular formula is C10H7ClO2. The number of halogens is 1. The Labute approximate surface area is 81.1 Å². The molecule has 0 amide bonds. The maximum atomic E-state index is 10.0. The zero-order chi connectivity index (χ0) is 9.68. The van der Waals surface area contributed by atoms with Crippen molar-refractivity contribution in [2.45, 2.75) is 6.42 Å². The van der Waals surface area contributed by atoms with E-state index in [0.29, 0.717) is 11.4 Å². The van der Waals surface area contributed by atoms with Crippen molar-refractivity contribution in [1.82, 2.24) is 0 Å². The maximum Gasteiger partial charge on any atom is 0.381 e. The zero-order valence-corrected chi connectivity index (χ0v) is 7.51. The van der Waals surface area contributed by atoms with Crippen LogP contribution in [0, 0.1) is 11.8 Å². The lowest BCUT2D eigenvalue weighted by Gasteiger charge is -1.93. The van der Waals surface area contributed by atoms with Crippen molar-refractivity contribution in [2.75, 3.05) is 0 Å². The first kappa shape index (κ1) is 9.63. The van der Waals surface area contributed by atoms with Gasteiger partial charge < -0.3 is 5.11 Å². The Bertz CT molecular complexity index is 357. The summed E-state index contributed by atoms with van der Waals surface area (Å²) in [5.74, 6) is 3.47. The lowest BCUT2D eigenvalue weighted by atomic mass is 10.2. The number of hydrogen-bond donors (Lipinski definition) is 1. The van der Waals surface area contributed by atoms with Gasteiger partial charge >= 0.3 is 5.97 Å². The van der Waals surface area contributed by atoms with Crippen molar-refractivity contribution >= 4 is 17.6 Å². The van der Waals surface area contributed by atoms with Crippen LogP contribution in [-0.2, 0) is 11.2 Å². The van der Waals surface area contributed by atoms with Crippen LogP contribution < -0.4 is 0 Å². The SMILES string of the molecule is O=C(O)C#CCc1ccc(Cl)cc1. The Kier molecular flexibility index (Phi) is 3.36. The molecule has 1 aromatic carbocycles. The molecule has 0 atom stereocenters. The first-order valence-electron chi connectivity index (χ1n) is 3.65. The van der Waals surface area contributed by atoms with Gasteiger partial charge in [0.05, 0.1) is 0 Å². The van der Waals surface area contributed by atoms with Crippen molar-refractivity contribution in [3.05, 3.63) is 34.9 Å². The molecule has 0 aliphatic rings. The Morgan fingerprint density at radius 2 is 2.00 bits per heavy atom. The Morgan fingerprint density at radius 1 is 1.38 bits per heavy atom. The summed E-state index contributed by atoms with van der Waals surface area (Å²) < 4.78 is 0. The largest absolute Gasteiger partial charge is 0.472 e. The van der Waals surface area contributed by atoms with Crippen LogP contribution in [0.2, 0.25) is 5.02 Å². The molecule has 66 valence electrons. The molecule has 0 spiro atoms. The molecule has 0 heterocycles. The van der Waals surface area contributed by atoms with E-state index in [1.54, 1.807) is 12.1 Å². The summed E-state index contributed by atoms with van der Waals surface area (Å²) in [6.07, 6.45) is 0.434. The quantitative estimate of drug-likeness (QED) is 0.694. The highest BCUT2D eigenvalue weighted by molar-refractivity contribution is 6.30. The minimum absolute atomic E-state index is 0.434. The number of hydrogen-bond acceptors (Lipinski definition) is 1. The van der Waals surface area contributed by atoms with Crippen LogP contribution in [0.1, 0.15) is 5.56 Å². The van der Waals surface area contributed by atoms with Gasteiger partial charge in [0.15, 0.2) is 0 Å². The second kappa shape index (κ2) is 4.54. The zero-order valence-electron chi connectivity index (χ0n) is 6.75. The highest BCUT2D eigenvalue weighted by Crippen LogP contribution is 2.09. The molecule has 2 nitrogen and oxygen atoms in total. The minimum Gasteiger partial charge on any atom is -0.472 e. The van der Waals surface area contributed by atoms with Crippen molar-refractivity contribution in [1.29, 1.82) is 0 Å².